The normalized spacial score (nSPS) is 12.5. The summed E-state index contributed by atoms with van der Waals surface area (Å²) in [6.45, 7) is -0.0717. The quantitative estimate of drug-likeness (QED) is 0.384. The van der Waals surface area contributed by atoms with Gasteiger partial charge in [0.25, 0.3) is 5.91 Å². The summed E-state index contributed by atoms with van der Waals surface area (Å²) in [4.78, 5) is 16.8. The van der Waals surface area contributed by atoms with Gasteiger partial charge in [-0.1, -0.05) is 30.3 Å². The van der Waals surface area contributed by atoms with Crippen LogP contribution in [0.4, 0.5) is 0 Å². The number of aryl methyl sites for hydroxylation is 1. The Morgan fingerprint density at radius 2 is 1.87 bits per heavy atom. The molecule has 0 saturated heterocycles. The second-order valence-electron chi connectivity index (χ2n) is 6.86. The average Bonchev–Trinajstić information content (AvgIpc) is 3.20. The summed E-state index contributed by atoms with van der Waals surface area (Å²) in [5, 5.41) is 9.36. The lowest BCUT2D eigenvalue weighted by molar-refractivity contribution is -0.133. The number of aromatic nitrogens is 2. The van der Waals surface area contributed by atoms with Gasteiger partial charge < -0.3 is 9.30 Å². The molecule has 0 radical (unpaired) electrons. The molecule has 0 saturated carbocycles. The van der Waals surface area contributed by atoms with Gasteiger partial charge in [-0.25, -0.2) is 18.9 Å². The lowest BCUT2D eigenvalue weighted by Gasteiger charge is -2.29. The lowest BCUT2D eigenvalue weighted by Crippen LogP contribution is -2.50. The maximum Gasteiger partial charge on any atom is 0.262 e. The third-order valence-electron chi connectivity index (χ3n) is 4.90. The summed E-state index contributed by atoms with van der Waals surface area (Å²) in [6.07, 6.45) is 3.23. The monoisotopic (exact) mass is 444 g/mol. The van der Waals surface area contributed by atoms with Crippen LogP contribution in [-0.2, 0) is 34.8 Å². The molecule has 0 aliphatic carbocycles. The predicted molar refractivity (Wildman–Crippen MR) is 113 cm³/mol. The summed E-state index contributed by atoms with van der Waals surface area (Å²) >= 11 is 0. The number of sulfonamides is 1. The molecule has 2 N–H and O–H groups in total. The van der Waals surface area contributed by atoms with Gasteiger partial charge in [0.05, 0.1) is 12.0 Å². The Morgan fingerprint density at radius 1 is 1.19 bits per heavy atom. The number of imidazole rings is 1. The van der Waals surface area contributed by atoms with Gasteiger partial charge in [-0.3, -0.25) is 10.0 Å². The number of methoxy groups -OCH3 is 1. The fraction of sp³-hybridized carbons (Fsp3) is 0.238. The molecule has 1 aromatic heterocycles. The SMILES string of the molecule is COc1ccc(S(=O)(=O)N(Cc2ccccc2)C(Cc2nccn2C)C(=O)NO)cc1. The smallest absolute Gasteiger partial charge is 0.262 e. The van der Waals surface area contributed by atoms with Gasteiger partial charge in [-0.15, -0.1) is 0 Å². The maximum atomic E-state index is 13.6. The van der Waals surface area contributed by atoms with Crippen LogP contribution < -0.4 is 10.2 Å². The number of carbonyl (C=O) groups excluding carboxylic acids is 1. The number of hydrogen-bond acceptors (Lipinski definition) is 6. The highest BCUT2D eigenvalue weighted by Gasteiger charge is 2.37. The van der Waals surface area contributed by atoms with Gasteiger partial charge in [-0.05, 0) is 29.8 Å². The maximum absolute atomic E-state index is 13.6. The van der Waals surface area contributed by atoms with Crippen LogP contribution in [0.2, 0.25) is 0 Å². The van der Waals surface area contributed by atoms with Crippen LogP contribution in [0, 0.1) is 0 Å². The Morgan fingerprint density at radius 3 is 2.42 bits per heavy atom. The third-order valence-corrected chi connectivity index (χ3v) is 6.77. The summed E-state index contributed by atoms with van der Waals surface area (Å²) in [5.41, 5.74) is 2.29. The van der Waals surface area contributed by atoms with Crippen molar-refractivity contribution in [2.45, 2.75) is 23.9 Å². The second kappa shape index (κ2) is 9.73. The molecule has 2 aromatic carbocycles. The Kier molecular flexibility index (Phi) is 7.06. The van der Waals surface area contributed by atoms with E-state index in [2.05, 4.69) is 4.98 Å². The number of ether oxygens (including phenoxy) is 1. The van der Waals surface area contributed by atoms with Crippen LogP contribution in [0.5, 0.6) is 5.75 Å². The first kappa shape index (κ1) is 22.5. The van der Waals surface area contributed by atoms with Crippen LogP contribution >= 0.6 is 0 Å². The summed E-state index contributed by atoms with van der Waals surface area (Å²) in [7, 11) is -0.894. The molecule has 10 heteroatoms. The molecule has 0 aliphatic heterocycles. The van der Waals surface area contributed by atoms with Crippen molar-refractivity contribution in [1.82, 2.24) is 19.3 Å². The molecule has 3 aromatic rings. The van der Waals surface area contributed by atoms with E-state index in [0.29, 0.717) is 17.1 Å². The van der Waals surface area contributed by atoms with E-state index in [0.717, 1.165) is 4.31 Å². The van der Waals surface area contributed by atoms with Crippen molar-refractivity contribution in [3.05, 3.63) is 78.4 Å². The molecule has 164 valence electrons. The second-order valence-corrected chi connectivity index (χ2v) is 8.75. The van der Waals surface area contributed by atoms with Crippen molar-refractivity contribution < 1.29 is 23.2 Å². The fourth-order valence-corrected chi connectivity index (χ4v) is 4.75. The zero-order chi connectivity index (χ0) is 22.4. The van der Waals surface area contributed by atoms with Crippen LogP contribution in [0.1, 0.15) is 11.4 Å². The molecule has 1 amide bonds. The van der Waals surface area contributed by atoms with Gasteiger partial charge in [0, 0.05) is 32.4 Å². The Bertz CT molecular complexity index is 1110. The average molecular weight is 445 g/mol. The molecular formula is C21H24N4O5S. The molecule has 1 atom stereocenters. The van der Waals surface area contributed by atoms with Crippen LogP contribution in [0.25, 0.3) is 0 Å². The van der Waals surface area contributed by atoms with Crippen molar-refractivity contribution in [3.63, 3.8) is 0 Å². The molecule has 9 nitrogen and oxygen atoms in total. The highest BCUT2D eigenvalue weighted by atomic mass is 32.2. The first-order valence-corrected chi connectivity index (χ1v) is 10.9. The zero-order valence-corrected chi connectivity index (χ0v) is 18.0. The molecule has 31 heavy (non-hydrogen) atoms. The molecule has 0 fully saturated rings. The van der Waals surface area contributed by atoms with E-state index >= 15 is 0 Å². The van der Waals surface area contributed by atoms with E-state index in [1.807, 2.05) is 6.07 Å². The molecular weight excluding hydrogens is 420 g/mol. The van der Waals surface area contributed by atoms with E-state index in [9.17, 15) is 18.4 Å². The first-order chi connectivity index (χ1) is 14.9. The standard InChI is InChI=1S/C21H24N4O5S/c1-24-13-12-22-20(24)14-19(21(26)23-27)25(15-16-6-4-3-5-7-16)31(28,29)18-10-8-17(30-2)9-11-18/h3-13,19,27H,14-15H2,1-2H3,(H,23,26). The van der Waals surface area contributed by atoms with Gasteiger partial charge in [0.15, 0.2) is 0 Å². The van der Waals surface area contributed by atoms with Gasteiger partial charge in [0.1, 0.15) is 17.6 Å². The zero-order valence-electron chi connectivity index (χ0n) is 17.2. The van der Waals surface area contributed by atoms with Crippen LogP contribution in [0.3, 0.4) is 0 Å². The summed E-state index contributed by atoms with van der Waals surface area (Å²) in [5.74, 6) is 0.152. The fourth-order valence-electron chi connectivity index (χ4n) is 3.18. The number of nitrogens with zero attached hydrogens (tertiary/aromatic N) is 3. The molecule has 1 unspecified atom stereocenters. The number of rotatable bonds is 9. The first-order valence-electron chi connectivity index (χ1n) is 9.46. The van der Waals surface area contributed by atoms with Crippen LogP contribution in [0.15, 0.2) is 71.9 Å². The molecule has 0 aliphatic rings. The van der Waals surface area contributed by atoms with E-state index in [1.165, 1.54) is 31.4 Å². The van der Waals surface area contributed by atoms with E-state index in [1.54, 1.807) is 53.8 Å². The Balaban J connectivity index is 2.07. The summed E-state index contributed by atoms with van der Waals surface area (Å²) < 4.78 is 35.1. The highest BCUT2D eigenvalue weighted by molar-refractivity contribution is 7.89. The van der Waals surface area contributed by atoms with Gasteiger partial charge in [-0.2, -0.15) is 4.31 Å². The minimum absolute atomic E-state index is 0.000175. The number of hydrogen-bond donors (Lipinski definition) is 2. The van der Waals surface area contributed by atoms with E-state index < -0.39 is 22.0 Å². The number of hydroxylamine groups is 1. The van der Waals surface area contributed by atoms with Crippen molar-refractivity contribution in [2.75, 3.05) is 7.11 Å². The van der Waals surface area contributed by atoms with Crippen molar-refractivity contribution >= 4 is 15.9 Å². The summed E-state index contributed by atoms with van der Waals surface area (Å²) in [6, 6.07) is 13.6. The lowest BCUT2D eigenvalue weighted by atomic mass is 10.1. The molecule has 0 bridgehead atoms. The molecule has 0 spiro atoms. The molecule has 1 heterocycles. The minimum Gasteiger partial charge on any atom is -0.497 e. The number of nitrogens with one attached hydrogen (secondary N) is 1. The predicted octanol–water partition coefficient (Wildman–Crippen LogP) is 1.74. The number of carbonyl (C=O) groups is 1. The number of amides is 1. The highest BCUT2D eigenvalue weighted by Crippen LogP contribution is 2.25. The van der Waals surface area contributed by atoms with Gasteiger partial charge >= 0.3 is 0 Å². The largest absolute Gasteiger partial charge is 0.497 e. The third kappa shape index (κ3) is 5.10. The van der Waals surface area contributed by atoms with E-state index in [4.69, 9.17) is 4.74 Å². The van der Waals surface area contributed by atoms with Gasteiger partial charge in [0.2, 0.25) is 10.0 Å². The van der Waals surface area contributed by atoms with Crippen molar-refractivity contribution in [1.29, 1.82) is 0 Å². The van der Waals surface area contributed by atoms with E-state index in [-0.39, 0.29) is 17.9 Å². The Hall–Kier alpha value is -3.21. The van der Waals surface area contributed by atoms with Crippen molar-refractivity contribution in [3.8, 4) is 5.75 Å². The van der Waals surface area contributed by atoms with Crippen molar-refractivity contribution in [2.24, 2.45) is 7.05 Å². The minimum atomic E-state index is -4.13. The van der Waals surface area contributed by atoms with Crippen LogP contribution in [-0.4, -0.2) is 46.5 Å². The topological polar surface area (TPSA) is 114 Å². The Labute approximate surface area is 180 Å². The molecule has 3 rings (SSSR count). The number of benzene rings is 2.